The van der Waals surface area contributed by atoms with E-state index in [2.05, 4.69) is 6.92 Å². The summed E-state index contributed by atoms with van der Waals surface area (Å²) in [6.07, 6.45) is 1.88. The molecule has 0 aliphatic rings. The van der Waals surface area contributed by atoms with Crippen LogP contribution in [0.3, 0.4) is 0 Å². The lowest BCUT2D eigenvalue weighted by atomic mass is 9.74. The zero-order valence-corrected chi connectivity index (χ0v) is 10.4. The van der Waals surface area contributed by atoms with Crippen LogP contribution in [0, 0.1) is 5.41 Å². The van der Waals surface area contributed by atoms with Gasteiger partial charge in [0, 0.05) is 11.8 Å². The number of hydrogen-bond donors (Lipinski definition) is 4. The van der Waals surface area contributed by atoms with Gasteiger partial charge in [0.15, 0.2) is 6.29 Å². The van der Waals surface area contributed by atoms with E-state index in [0.29, 0.717) is 12.8 Å². The van der Waals surface area contributed by atoms with Crippen molar-refractivity contribution < 1.29 is 20.4 Å². The van der Waals surface area contributed by atoms with E-state index in [0.717, 1.165) is 19.3 Å². The lowest BCUT2D eigenvalue weighted by Gasteiger charge is -2.36. The van der Waals surface area contributed by atoms with Gasteiger partial charge in [0.05, 0.1) is 12.7 Å². The van der Waals surface area contributed by atoms with Crippen LogP contribution in [-0.4, -0.2) is 39.4 Å². The van der Waals surface area contributed by atoms with E-state index >= 15 is 0 Å². The Kier molecular flexibility index (Phi) is 7.93. The Hall–Kier alpha value is -0.160. The predicted octanol–water partition coefficient (Wildman–Crippen LogP) is 1.02. The second-order valence-corrected chi connectivity index (χ2v) is 4.55. The normalized spacial score (nSPS) is 17.4. The highest BCUT2D eigenvalue weighted by atomic mass is 16.5. The number of hydrogen-bond acceptors (Lipinski definition) is 4. The van der Waals surface area contributed by atoms with Crippen molar-refractivity contribution in [1.82, 2.24) is 0 Å². The van der Waals surface area contributed by atoms with Gasteiger partial charge in [0.25, 0.3) is 0 Å². The minimum atomic E-state index is -1.38. The maximum absolute atomic E-state index is 10.1. The molecule has 2 unspecified atom stereocenters. The average Bonchev–Trinajstić information content (AvgIpc) is 2.28. The Bertz CT molecular complexity index is 166. The van der Waals surface area contributed by atoms with Gasteiger partial charge >= 0.3 is 0 Å². The Morgan fingerprint density at radius 2 is 1.69 bits per heavy atom. The standard InChI is InChI=1S/C12H26O4/c1-3-5-8-12(4-2,9-13)10(14)6-7-11(15)16/h10-11,13-16H,3-9H2,1-2H3. The van der Waals surface area contributed by atoms with Crippen LogP contribution in [0.5, 0.6) is 0 Å². The second-order valence-electron chi connectivity index (χ2n) is 4.55. The maximum Gasteiger partial charge on any atom is 0.151 e. The van der Waals surface area contributed by atoms with Crippen LogP contribution < -0.4 is 0 Å². The van der Waals surface area contributed by atoms with Gasteiger partial charge < -0.3 is 20.4 Å². The van der Waals surface area contributed by atoms with Crippen molar-refractivity contribution in [3.8, 4) is 0 Å². The van der Waals surface area contributed by atoms with Crippen molar-refractivity contribution >= 4 is 0 Å². The van der Waals surface area contributed by atoms with Crippen LogP contribution in [0.1, 0.15) is 52.4 Å². The summed E-state index contributed by atoms with van der Waals surface area (Å²) in [7, 11) is 0. The Morgan fingerprint density at radius 1 is 1.06 bits per heavy atom. The van der Waals surface area contributed by atoms with Gasteiger partial charge in [0.2, 0.25) is 0 Å². The zero-order valence-electron chi connectivity index (χ0n) is 10.4. The van der Waals surface area contributed by atoms with E-state index < -0.39 is 17.8 Å². The lowest BCUT2D eigenvalue weighted by molar-refractivity contribution is -0.0759. The topological polar surface area (TPSA) is 80.9 Å². The summed E-state index contributed by atoms with van der Waals surface area (Å²) >= 11 is 0. The summed E-state index contributed by atoms with van der Waals surface area (Å²) in [6.45, 7) is 3.97. The molecular formula is C12H26O4. The smallest absolute Gasteiger partial charge is 0.151 e. The van der Waals surface area contributed by atoms with Crippen molar-refractivity contribution in [2.45, 2.75) is 64.8 Å². The van der Waals surface area contributed by atoms with E-state index in [-0.39, 0.29) is 13.0 Å². The fourth-order valence-electron chi connectivity index (χ4n) is 2.02. The van der Waals surface area contributed by atoms with Crippen LogP contribution in [0.2, 0.25) is 0 Å². The molecule has 4 nitrogen and oxygen atoms in total. The number of aliphatic hydroxyl groups is 4. The first-order valence-electron chi connectivity index (χ1n) is 6.17. The molecule has 0 amide bonds. The number of rotatable bonds is 9. The first-order valence-corrected chi connectivity index (χ1v) is 6.17. The van der Waals surface area contributed by atoms with Crippen molar-refractivity contribution in [2.24, 2.45) is 5.41 Å². The monoisotopic (exact) mass is 234 g/mol. The molecule has 0 heterocycles. The molecule has 0 aliphatic heterocycles. The molecule has 16 heavy (non-hydrogen) atoms. The molecule has 4 heteroatoms. The third-order valence-corrected chi connectivity index (χ3v) is 3.45. The van der Waals surface area contributed by atoms with Crippen LogP contribution >= 0.6 is 0 Å². The minimum Gasteiger partial charge on any atom is -0.396 e. The fourth-order valence-corrected chi connectivity index (χ4v) is 2.02. The van der Waals surface area contributed by atoms with E-state index in [1.165, 1.54) is 0 Å². The largest absolute Gasteiger partial charge is 0.396 e. The summed E-state index contributed by atoms with van der Waals surface area (Å²) in [5.41, 5.74) is -0.481. The quantitative estimate of drug-likeness (QED) is 0.449. The molecule has 2 atom stereocenters. The van der Waals surface area contributed by atoms with Gasteiger partial charge in [-0.05, 0) is 19.3 Å². The molecule has 0 aromatic heterocycles. The third kappa shape index (κ3) is 4.78. The lowest BCUT2D eigenvalue weighted by Crippen LogP contribution is -2.38. The van der Waals surface area contributed by atoms with Gasteiger partial charge in [-0.25, -0.2) is 0 Å². The molecule has 0 bridgehead atoms. The Labute approximate surface area is 97.9 Å². The average molecular weight is 234 g/mol. The summed E-state index contributed by atoms with van der Waals surface area (Å²) in [5.74, 6) is 0. The second kappa shape index (κ2) is 8.01. The Morgan fingerprint density at radius 3 is 2.06 bits per heavy atom. The fraction of sp³-hybridized carbons (Fsp3) is 1.00. The first-order chi connectivity index (χ1) is 7.52. The van der Waals surface area contributed by atoms with E-state index in [9.17, 15) is 10.2 Å². The van der Waals surface area contributed by atoms with Crippen molar-refractivity contribution in [1.29, 1.82) is 0 Å². The molecule has 0 saturated heterocycles. The molecule has 4 N–H and O–H groups in total. The van der Waals surface area contributed by atoms with Gasteiger partial charge in [-0.1, -0.05) is 26.7 Å². The highest BCUT2D eigenvalue weighted by Gasteiger charge is 2.34. The molecular weight excluding hydrogens is 208 g/mol. The van der Waals surface area contributed by atoms with E-state index in [4.69, 9.17) is 10.2 Å². The van der Waals surface area contributed by atoms with Crippen molar-refractivity contribution in [2.75, 3.05) is 6.61 Å². The molecule has 0 saturated carbocycles. The molecule has 0 rings (SSSR count). The number of aliphatic hydroxyl groups excluding tert-OH is 3. The molecule has 0 spiro atoms. The molecule has 0 radical (unpaired) electrons. The first kappa shape index (κ1) is 15.8. The number of unbranched alkanes of at least 4 members (excludes halogenated alkanes) is 1. The Balaban J connectivity index is 4.35. The van der Waals surface area contributed by atoms with E-state index in [1.54, 1.807) is 0 Å². The highest BCUT2D eigenvalue weighted by molar-refractivity contribution is 4.85. The summed E-state index contributed by atoms with van der Waals surface area (Å²) < 4.78 is 0. The van der Waals surface area contributed by atoms with E-state index in [1.807, 2.05) is 6.92 Å². The molecule has 98 valence electrons. The van der Waals surface area contributed by atoms with Crippen molar-refractivity contribution in [3.63, 3.8) is 0 Å². The molecule has 0 aromatic carbocycles. The maximum atomic E-state index is 10.1. The van der Waals surface area contributed by atoms with Gasteiger partial charge in [0.1, 0.15) is 0 Å². The van der Waals surface area contributed by atoms with Gasteiger partial charge in [-0.3, -0.25) is 0 Å². The van der Waals surface area contributed by atoms with Crippen LogP contribution in [0.15, 0.2) is 0 Å². The van der Waals surface area contributed by atoms with Gasteiger partial charge in [-0.2, -0.15) is 0 Å². The van der Waals surface area contributed by atoms with Crippen LogP contribution in [-0.2, 0) is 0 Å². The van der Waals surface area contributed by atoms with Gasteiger partial charge in [-0.15, -0.1) is 0 Å². The zero-order chi connectivity index (χ0) is 12.6. The predicted molar refractivity (Wildman–Crippen MR) is 62.8 cm³/mol. The summed E-state index contributed by atoms with van der Waals surface area (Å²) in [6, 6.07) is 0. The highest BCUT2D eigenvalue weighted by Crippen LogP contribution is 2.34. The minimum absolute atomic E-state index is 0.0494. The summed E-state index contributed by atoms with van der Waals surface area (Å²) in [5, 5.41) is 37.0. The van der Waals surface area contributed by atoms with Crippen LogP contribution in [0.4, 0.5) is 0 Å². The van der Waals surface area contributed by atoms with Crippen LogP contribution in [0.25, 0.3) is 0 Å². The molecule has 0 aliphatic carbocycles. The molecule has 0 fully saturated rings. The SMILES string of the molecule is CCCCC(CC)(CO)C(O)CCC(O)O. The molecule has 0 aromatic rings. The third-order valence-electron chi connectivity index (χ3n) is 3.45. The summed E-state index contributed by atoms with van der Waals surface area (Å²) in [4.78, 5) is 0. The van der Waals surface area contributed by atoms with Crippen molar-refractivity contribution in [3.05, 3.63) is 0 Å².